The van der Waals surface area contributed by atoms with Crippen molar-refractivity contribution in [3.63, 3.8) is 0 Å². The molecule has 0 aliphatic heterocycles. The summed E-state index contributed by atoms with van der Waals surface area (Å²) in [6.45, 7) is 0. The summed E-state index contributed by atoms with van der Waals surface area (Å²) in [5.74, 6) is 1.58. The second-order valence-corrected chi connectivity index (χ2v) is 4.64. The molecule has 0 aliphatic carbocycles. The van der Waals surface area contributed by atoms with Crippen molar-refractivity contribution in [1.29, 1.82) is 0 Å². The minimum atomic E-state index is 0.689. The molecule has 0 aliphatic rings. The minimum Gasteiger partial charge on any atom is -0.457 e. The molecule has 0 fully saturated rings. The molecular formula is C19H14O2. The van der Waals surface area contributed by atoms with Gasteiger partial charge in [0.25, 0.3) is 0 Å². The van der Waals surface area contributed by atoms with Crippen LogP contribution in [0.1, 0.15) is 10.4 Å². The molecule has 0 spiro atoms. The highest BCUT2D eigenvalue weighted by Crippen LogP contribution is 2.27. The third kappa shape index (κ3) is 3.00. The van der Waals surface area contributed by atoms with Crippen LogP contribution in [-0.2, 0) is 0 Å². The summed E-state index contributed by atoms with van der Waals surface area (Å²) in [7, 11) is 0. The Labute approximate surface area is 123 Å². The molecule has 3 rings (SSSR count). The van der Waals surface area contributed by atoms with Gasteiger partial charge in [0.1, 0.15) is 11.5 Å². The lowest BCUT2D eigenvalue weighted by Crippen LogP contribution is -1.87. The molecule has 0 atom stereocenters. The lowest BCUT2D eigenvalue weighted by atomic mass is 10.0. The molecule has 0 amide bonds. The van der Waals surface area contributed by atoms with E-state index in [9.17, 15) is 4.79 Å². The number of rotatable bonds is 4. The first kappa shape index (κ1) is 13.1. The van der Waals surface area contributed by atoms with E-state index in [0.29, 0.717) is 5.56 Å². The van der Waals surface area contributed by atoms with Crippen LogP contribution in [0.4, 0.5) is 0 Å². The van der Waals surface area contributed by atoms with E-state index in [-0.39, 0.29) is 0 Å². The van der Waals surface area contributed by atoms with E-state index in [2.05, 4.69) is 0 Å². The van der Waals surface area contributed by atoms with Crippen molar-refractivity contribution in [1.82, 2.24) is 0 Å². The zero-order valence-corrected chi connectivity index (χ0v) is 11.4. The van der Waals surface area contributed by atoms with Gasteiger partial charge in [0.15, 0.2) is 6.29 Å². The number of ether oxygens (including phenoxy) is 1. The Morgan fingerprint density at radius 3 is 2.00 bits per heavy atom. The van der Waals surface area contributed by atoms with Gasteiger partial charge >= 0.3 is 0 Å². The predicted molar refractivity (Wildman–Crippen MR) is 83.8 cm³/mol. The fourth-order valence-electron chi connectivity index (χ4n) is 2.19. The van der Waals surface area contributed by atoms with Crippen LogP contribution in [0.5, 0.6) is 11.5 Å². The van der Waals surface area contributed by atoms with Gasteiger partial charge in [-0.1, -0.05) is 54.6 Å². The quantitative estimate of drug-likeness (QED) is 0.629. The minimum absolute atomic E-state index is 0.689. The Balaban J connectivity index is 1.86. The monoisotopic (exact) mass is 274 g/mol. The van der Waals surface area contributed by atoms with Crippen LogP contribution in [0.15, 0.2) is 78.9 Å². The zero-order chi connectivity index (χ0) is 14.5. The molecule has 102 valence electrons. The maximum absolute atomic E-state index is 11.1. The fourth-order valence-corrected chi connectivity index (χ4v) is 2.19. The molecule has 0 heterocycles. The van der Waals surface area contributed by atoms with E-state index >= 15 is 0 Å². The number of para-hydroxylation sites is 1. The first-order valence-corrected chi connectivity index (χ1v) is 6.74. The van der Waals surface area contributed by atoms with Crippen LogP contribution in [0.2, 0.25) is 0 Å². The molecule has 0 N–H and O–H groups in total. The van der Waals surface area contributed by atoms with Gasteiger partial charge in [-0.25, -0.2) is 0 Å². The highest BCUT2D eigenvalue weighted by atomic mass is 16.5. The Hall–Kier alpha value is -2.87. The second kappa shape index (κ2) is 6.06. The average molecular weight is 274 g/mol. The van der Waals surface area contributed by atoms with Crippen LogP contribution in [-0.4, -0.2) is 6.29 Å². The Kier molecular flexibility index (Phi) is 3.79. The Morgan fingerprint density at radius 2 is 1.29 bits per heavy atom. The smallest absolute Gasteiger partial charge is 0.150 e. The summed E-state index contributed by atoms with van der Waals surface area (Å²) in [4.78, 5) is 11.1. The van der Waals surface area contributed by atoms with Gasteiger partial charge in [-0.2, -0.15) is 0 Å². The summed E-state index contributed by atoms with van der Waals surface area (Å²) in [5, 5.41) is 0. The van der Waals surface area contributed by atoms with E-state index < -0.39 is 0 Å². The molecular weight excluding hydrogens is 260 g/mol. The first-order valence-electron chi connectivity index (χ1n) is 6.74. The second-order valence-electron chi connectivity index (χ2n) is 4.64. The number of carbonyl (C=O) groups is 1. The van der Waals surface area contributed by atoms with Gasteiger partial charge < -0.3 is 4.74 Å². The normalized spacial score (nSPS) is 10.1. The molecule has 0 unspecified atom stereocenters. The number of hydrogen-bond donors (Lipinski definition) is 0. The first-order chi connectivity index (χ1) is 10.4. The van der Waals surface area contributed by atoms with Gasteiger partial charge in [-0.15, -0.1) is 0 Å². The van der Waals surface area contributed by atoms with Crippen LogP contribution < -0.4 is 4.74 Å². The molecule has 3 aromatic carbocycles. The van der Waals surface area contributed by atoms with Gasteiger partial charge in [0, 0.05) is 5.56 Å². The number of hydrogen-bond acceptors (Lipinski definition) is 2. The summed E-state index contributed by atoms with van der Waals surface area (Å²) < 4.78 is 5.76. The molecule has 0 saturated carbocycles. The molecule has 0 bridgehead atoms. The molecule has 2 nitrogen and oxygen atoms in total. The van der Waals surface area contributed by atoms with Crippen molar-refractivity contribution < 1.29 is 9.53 Å². The van der Waals surface area contributed by atoms with E-state index in [4.69, 9.17) is 4.74 Å². The van der Waals surface area contributed by atoms with Crippen LogP contribution in [0.25, 0.3) is 11.1 Å². The lowest BCUT2D eigenvalue weighted by molar-refractivity contribution is 0.112. The topological polar surface area (TPSA) is 26.3 Å². The summed E-state index contributed by atoms with van der Waals surface area (Å²) in [5.41, 5.74) is 2.62. The van der Waals surface area contributed by atoms with Crippen molar-refractivity contribution in [3.8, 4) is 22.6 Å². The van der Waals surface area contributed by atoms with Crippen LogP contribution in [0, 0.1) is 0 Å². The largest absolute Gasteiger partial charge is 0.457 e. The SMILES string of the molecule is O=Cc1ccccc1-c1ccc(Oc2ccccc2)cc1. The van der Waals surface area contributed by atoms with E-state index in [1.165, 1.54) is 0 Å². The van der Waals surface area contributed by atoms with Crippen LogP contribution in [0.3, 0.4) is 0 Å². The highest BCUT2D eigenvalue weighted by molar-refractivity contribution is 5.87. The molecule has 0 aromatic heterocycles. The summed E-state index contributed by atoms with van der Waals surface area (Å²) >= 11 is 0. The summed E-state index contributed by atoms with van der Waals surface area (Å²) in [6, 6.07) is 24.9. The number of benzene rings is 3. The van der Waals surface area contributed by atoms with E-state index in [1.807, 2.05) is 78.9 Å². The van der Waals surface area contributed by atoms with Crippen molar-refractivity contribution in [2.45, 2.75) is 0 Å². The number of aldehydes is 1. The zero-order valence-electron chi connectivity index (χ0n) is 11.4. The van der Waals surface area contributed by atoms with Crippen molar-refractivity contribution in [2.24, 2.45) is 0 Å². The van der Waals surface area contributed by atoms with Crippen molar-refractivity contribution >= 4 is 6.29 Å². The highest BCUT2D eigenvalue weighted by Gasteiger charge is 2.04. The molecule has 0 radical (unpaired) electrons. The molecule has 2 heteroatoms. The van der Waals surface area contributed by atoms with Gasteiger partial charge in [-0.05, 0) is 35.4 Å². The number of carbonyl (C=O) groups excluding carboxylic acids is 1. The third-order valence-corrected chi connectivity index (χ3v) is 3.23. The van der Waals surface area contributed by atoms with Gasteiger partial charge in [0.05, 0.1) is 0 Å². The molecule has 21 heavy (non-hydrogen) atoms. The van der Waals surface area contributed by atoms with Crippen molar-refractivity contribution in [3.05, 3.63) is 84.4 Å². The van der Waals surface area contributed by atoms with Crippen molar-refractivity contribution in [2.75, 3.05) is 0 Å². The van der Waals surface area contributed by atoms with E-state index in [1.54, 1.807) is 0 Å². The fraction of sp³-hybridized carbons (Fsp3) is 0. The average Bonchev–Trinajstić information content (AvgIpc) is 2.56. The predicted octanol–water partition coefficient (Wildman–Crippen LogP) is 4.96. The summed E-state index contributed by atoms with van der Waals surface area (Å²) in [6.07, 6.45) is 0.879. The van der Waals surface area contributed by atoms with Gasteiger partial charge in [-0.3, -0.25) is 4.79 Å². The Morgan fingerprint density at radius 1 is 0.667 bits per heavy atom. The maximum atomic E-state index is 11.1. The van der Waals surface area contributed by atoms with Crippen LogP contribution >= 0.6 is 0 Å². The third-order valence-electron chi connectivity index (χ3n) is 3.23. The lowest BCUT2D eigenvalue weighted by Gasteiger charge is -2.08. The van der Waals surface area contributed by atoms with Gasteiger partial charge in [0.2, 0.25) is 0 Å². The molecule has 0 saturated heterocycles. The standard InChI is InChI=1S/C19H14O2/c20-14-16-6-4-5-9-19(16)15-10-12-18(13-11-15)21-17-7-2-1-3-8-17/h1-14H. The molecule has 3 aromatic rings. The van der Waals surface area contributed by atoms with E-state index in [0.717, 1.165) is 28.9 Å². The maximum Gasteiger partial charge on any atom is 0.150 e. The Bertz CT molecular complexity index is 731.